The standard InChI is InChI=1S/C16H13ClFN3O/c1-2-21-14-6-4-3-5-13(14)19-16(21)20-15(22)11-8-7-10(17)9-12(11)18/h3-9H,2H2,1H3,(H,19,20,22). The minimum absolute atomic E-state index is 0.0703. The van der Waals surface area contributed by atoms with Crippen molar-refractivity contribution >= 4 is 34.5 Å². The van der Waals surface area contributed by atoms with Crippen LogP contribution in [-0.2, 0) is 6.54 Å². The molecule has 4 nitrogen and oxygen atoms in total. The Morgan fingerprint density at radius 1 is 1.32 bits per heavy atom. The maximum absolute atomic E-state index is 13.8. The molecule has 0 unspecified atom stereocenters. The molecular formula is C16H13ClFN3O. The second-order valence-electron chi connectivity index (χ2n) is 4.75. The van der Waals surface area contributed by atoms with Crippen LogP contribution in [0.15, 0.2) is 42.5 Å². The van der Waals surface area contributed by atoms with Crippen LogP contribution in [0.1, 0.15) is 17.3 Å². The van der Waals surface area contributed by atoms with Gasteiger partial charge < -0.3 is 4.57 Å². The summed E-state index contributed by atoms with van der Waals surface area (Å²) in [6, 6.07) is 11.5. The number of para-hydroxylation sites is 2. The van der Waals surface area contributed by atoms with Crippen LogP contribution in [0.2, 0.25) is 5.02 Å². The Balaban J connectivity index is 1.97. The van der Waals surface area contributed by atoms with E-state index in [-0.39, 0.29) is 10.6 Å². The average molecular weight is 318 g/mol. The molecule has 1 heterocycles. The first-order valence-corrected chi connectivity index (χ1v) is 7.19. The summed E-state index contributed by atoms with van der Waals surface area (Å²) in [4.78, 5) is 16.6. The van der Waals surface area contributed by atoms with Crippen molar-refractivity contribution in [1.82, 2.24) is 9.55 Å². The van der Waals surface area contributed by atoms with Crippen LogP contribution in [0, 0.1) is 5.82 Å². The quantitative estimate of drug-likeness (QED) is 0.790. The van der Waals surface area contributed by atoms with Crippen molar-refractivity contribution in [3.05, 3.63) is 58.9 Å². The molecule has 0 aliphatic carbocycles. The fraction of sp³-hybridized carbons (Fsp3) is 0.125. The number of aromatic nitrogens is 2. The highest BCUT2D eigenvalue weighted by Gasteiger charge is 2.16. The van der Waals surface area contributed by atoms with E-state index in [4.69, 9.17) is 11.6 Å². The van der Waals surface area contributed by atoms with Crippen LogP contribution in [0.4, 0.5) is 10.3 Å². The zero-order valence-electron chi connectivity index (χ0n) is 11.8. The summed E-state index contributed by atoms with van der Waals surface area (Å²) in [5.74, 6) is -0.827. The molecule has 112 valence electrons. The first-order valence-electron chi connectivity index (χ1n) is 6.82. The Morgan fingerprint density at radius 3 is 2.82 bits per heavy atom. The van der Waals surface area contributed by atoms with Crippen molar-refractivity contribution in [2.24, 2.45) is 0 Å². The Labute approximate surface area is 131 Å². The number of nitrogens with zero attached hydrogens (tertiary/aromatic N) is 2. The summed E-state index contributed by atoms with van der Waals surface area (Å²) in [7, 11) is 0. The predicted molar refractivity (Wildman–Crippen MR) is 84.8 cm³/mol. The van der Waals surface area contributed by atoms with E-state index in [1.54, 1.807) is 0 Å². The molecule has 6 heteroatoms. The second kappa shape index (κ2) is 5.77. The lowest BCUT2D eigenvalue weighted by Crippen LogP contribution is -2.17. The Hall–Kier alpha value is -2.40. The molecule has 0 fully saturated rings. The number of carbonyl (C=O) groups excluding carboxylic acids is 1. The zero-order chi connectivity index (χ0) is 15.7. The van der Waals surface area contributed by atoms with Crippen molar-refractivity contribution in [2.45, 2.75) is 13.5 Å². The summed E-state index contributed by atoms with van der Waals surface area (Å²) in [6.45, 7) is 2.59. The molecule has 0 aliphatic rings. The van der Waals surface area contributed by atoms with Gasteiger partial charge in [0.15, 0.2) is 0 Å². The van der Waals surface area contributed by atoms with Gasteiger partial charge >= 0.3 is 0 Å². The van der Waals surface area contributed by atoms with Gasteiger partial charge in [-0.1, -0.05) is 23.7 Å². The molecule has 22 heavy (non-hydrogen) atoms. The van der Waals surface area contributed by atoms with Crippen LogP contribution in [0.5, 0.6) is 0 Å². The average Bonchev–Trinajstić information content (AvgIpc) is 2.83. The fourth-order valence-electron chi connectivity index (χ4n) is 2.33. The van der Waals surface area contributed by atoms with E-state index in [1.807, 2.05) is 35.8 Å². The smallest absolute Gasteiger partial charge is 0.260 e. The molecule has 0 aliphatic heterocycles. The summed E-state index contributed by atoms with van der Waals surface area (Å²) in [6.07, 6.45) is 0. The van der Waals surface area contributed by atoms with Crippen molar-refractivity contribution in [3.8, 4) is 0 Å². The van der Waals surface area contributed by atoms with Crippen molar-refractivity contribution in [2.75, 3.05) is 5.32 Å². The molecule has 3 rings (SSSR count). The van der Waals surface area contributed by atoms with Gasteiger partial charge in [-0.2, -0.15) is 0 Å². The highest BCUT2D eigenvalue weighted by atomic mass is 35.5. The van der Waals surface area contributed by atoms with Crippen LogP contribution < -0.4 is 5.32 Å². The zero-order valence-corrected chi connectivity index (χ0v) is 12.6. The molecule has 0 radical (unpaired) electrons. The fourth-order valence-corrected chi connectivity index (χ4v) is 2.49. The summed E-state index contributed by atoms with van der Waals surface area (Å²) < 4.78 is 15.7. The SMILES string of the molecule is CCn1c(NC(=O)c2ccc(Cl)cc2F)nc2ccccc21. The Bertz CT molecular complexity index is 860. The molecule has 2 aromatic carbocycles. The van der Waals surface area contributed by atoms with E-state index < -0.39 is 11.7 Å². The summed E-state index contributed by atoms with van der Waals surface area (Å²) in [5, 5.41) is 2.90. The van der Waals surface area contributed by atoms with Crippen LogP contribution in [0.25, 0.3) is 11.0 Å². The van der Waals surface area contributed by atoms with Crippen molar-refractivity contribution in [1.29, 1.82) is 0 Å². The minimum Gasteiger partial charge on any atom is -0.310 e. The minimum atomic E-state index is -0.663. The van der Waals surface area contributed by atoms with Crippen LogP contribution in [0.3, 0.4) is 0 Å². The van der Waals surface area contributed by atoms with E-state index >= 15 is 0 Å². The number of hydrogen-bond donors (Lipinski definition) is 1. The second-order valence-corrected chi connectivity index (χ2v) is 5.18. The maximum Gasteiger partial charge on any atom is 0.260 e. The van der Waals surface area contributed by atoms with Crippen LogP contribution >= 0.6 is 11.6 Å². The van der Waals surface area contributed by atoms with E-state index in [1.165, 1.54) is 12.1 Å². The number of aryl methyl sites for hydroxylation is 1. The Morgan fingerprint density at radius 2 is 2.09 bits per heavy atom. The molecule has 0 bridgehead atoms. The van der Waals surface area contributed by atoms with E-state index in [9.17, 15) is 9.18 Å². The molecule has 1 amide bonds. The lowest BCUT2D eigenvalue weighted by molar-refractivity contribution is 0.102. The number of hydrogen-bond acceptors (Lipinski definition) is 2. The molecular weight excluding hydrogens is 305 g/mol. The van der Waals surface area contributed by atoms with Crippen molar-refractivity contribution < 1.29 is 9.18 Å². The third-order valence-corrected chi connectivity index (χ3v) is 3.61. The molecule has 0 saturated carbocycles. The monoisotopic (exact) mass is 317 g/mol. The molecule has 1 N–H and O–H groups in total. The van der Waals surface area contributed by atoms with Gasteiger partial charge in [0.1, 0.15) is 5.82 Å². The van der Waals surface area contributed by atoms with Gasteiger partial charge in [-0.15, -0.1) is 0 Å². The number of amides is 1. The molecule has 0 atom stereocenters. The van der Waals surface area contributed by atoms with Crippen LogP contribution in [-0.4, -0.2) is 15.5 Å². The van der Waals surface area contributed by atoms with E-state index in [0.717, 1.165) is 17.1 Å². The third-order valence-electron chi connectivity index (χ3n) is 3.37. The molecule has 3 aromatic rings. The number of imidazole rings is 1. The van der Waals surface area contributed by atoms with Gasteiger partial charge in [0.05, 0.1) is 16.6 Å². The molecule has 0 saturated heterocycles. The highest BCUT2D eigenvalue weighted by molar-refractivity contribution is 6.30. The first kappa shape index (κ1) is 14.5. The number of anilines is 1. The van der Waals surface area contributed by atoms with Gasteiger partial charge in [0, 0.05) is 11.6 Å². The number of carbonyl (C=O) groups is 1. The number of benzene rings is 2. The normalized spacial score (nSPS) is 10.9. The summed E-state index contributed by atoms with van der Waals surface area (Å²) >= 11 is 5.69. The number of fused-ring (bicyclic) bond motifs is 1. The number of nitrogens with one attached hydrogen (secondary N) is 1. The molecule has 1 aromatic heterocycles. The first-order chi connectivity index (χ1) is 10.6. The topological polar surface area (TPSA) is 46.9 Å². The molecule has 0 spiro atoms. The predicted octanol–water partition coefficient (Wildman–Crippen LogP) is 4.10. The van der Waals surface area contributed by atoms with E-state index in [0.29, 0.717) is 12.5 Å². The van der Waals surface area contributed by atoms with Gasteiger partial charge in [-0.05, 0) is 37.3 Å². The summed E-state index contributed by atoms with van der Waals surface area (Å²) in [5.41, 5.74) is 1.62. The largest absolute Gasteiger partial charge is 0.310 e. The Kier molecular flexibility index (Phi) is 3.81. The highest BCUT2D eigenvalue weighted by Crippen LogP contribution is 2.21. The van der Waals surface area contributed by atoms with E-state index in [2.05, 4.69) is 10.3 Å². The lowest BCUT2D eigenvalue weighted by Gasteiger charge is -2.08. The number of halogens is 2. The van der Waals surface area contributed by atoms with Gasteiger partial charge in [-0.25, -0.2) is 9.37 Å². The van der Waals surface area contributed by atoms with Gasteiger partial charge in [0.2, 0.25) is 5.95 Å². The lowest BCUT2D eigenvalue weighted by atomic mass is 10.2. The maximum atomic E-state index is 13.8. The number of rotatable bonds is 3. The van der Waals surface area contributed by atoms with Gasteiger partial charge in [-0.3, -0.25) is 10.1 Å². The van der Waals surface area contributed by atoms with Gasteiger partial charge in [0.25, 0.3) is 5.91 Å². The third kappa shape index (κ3) is 2.55. The van der Waals surface area contributed by atoms with Crippen molar-refractivity contribution in [3.63, 3.8) is 0 Å².